The van der Waals surface area contributed by atoms with Gasteiger partial charge in [0.25, 0.3) is 0 Å². The second-order valence-corrected chi connectivity index (χ2v) is 4.32. The van der Waals surface area contributed by atoms with Gasteiger partial charge in [0.05, 0.1) is 0 Å². The Balaban J connectivity index is 2.19. The average Bonchev–Trinajstić information content (AvgIpc) is 2.10. The minimum atomic E-state index is 0.660. The van der Waals surface area contributed by atoms with E-state index >= 15 is 0 Å². The molecule has 3 heteroatoms. The lowest BCUT2D eigenvalue weighted by molar-refractivity contribution is 0.126. The van der Waals surface area contributed by atoms with Crippen molar-refractivity contribution < 1.29 is 4.74 Å². The van der Waals surface area contributed by atoms with Crippen LogP contribution < -0.4 is 5.32 Å². The fourth-order valence-electron chi connectivity index (χ4n) is 2.05. The van der Waals surface area contributed by atoms with Gasteiger partial charge in [0.2, 0.25) is 0 Å². The second-order valence-electron chi connectivity index (χ2n) is 4.32. The third-order valence-corrected chi connectivity index (χ3v) is 2.68. The lowest BCUT2D eigenvalue weighted by Gasteiger charge is -2.27. The molecular weight excluding hydrogens is 176 g/mol. The van der Waals surface area contributed by atoms with E-state index in [1.165, 1.54) is 45.6 Å². The first-order chi connectivity index (χ1) is 6.83. The summed E-state index contributed by atoms with van der Waals surface area (Å²) in [6.45, 7) is 9.16. The number of nitrogens with zero attached hydrogens (tertiary/aromatic N) is 1. The molecule has 1 unspecified atom stereocenters. The minimum absolute atomic E-state index is 0.660. The monoisotopic (exact) mass is 200 g/mol. The van der Waals surface area contributed by atoms with E-state index in [2.05, 4.69) is 17.1 Å². The summed E-state index contributed by atoms with van der Waals surface area (Å²) < 4.78 is 5.16. The van der Waals surface area contributed by atoms with E-state index in [-0.39, 0.29) is 0 Å². The average molecular weight is 200 g/mol. The zero-order valence-corrected chi connectivity index (χ0v) is 9.59. The van der Waals surface area contributed by atoms with Gasteiger partial charge >= 0.3 is 0 Å². The first-order valence-corrected chi connectivity index (χ1v) is 5.75. The Kier molecular flexibility index (Phi) is 6.15. The highest BCUT2D eigenvalue weighted by molar-refractivity contribution is 4.66. The molecule has 0 radical (unpaired) electrons. The third-order valence-electron chi connectivity index (χ3n) is 2.68. The van der Waals surface area contributed by atoms with Crippen LogP contribution in [-0.4, -0.2) is 51.3 Å². The number of nitrogens with one attached hydrogen (secondary N) is 1. The van der Waals surface area contributed by atoms with E-state index in [0.29, 0.717) is 5.92 Å². The summed E-state index contributed by atoms with van der Waals surface area (Å²) in [5, 5.41) is 3.43. The van der Waals surface area contributed by atoms with Crippen molar-refractivity contribution in [3.8, 4) is 0 Å². The maximum Gasteiger partial charge on any atom is 0.0500 e. The third kappa shape index (κ3) is 4.94. The van der Waals surface area contributed by atoms with Crippen molar-refractivity contribution in [2.24, 2.45) is 5.92 Å². The molecule has 0 aromatic heterocycles. The van der Waals surface area contributed by atoms with Crippen LogP contribution in [0.15, 0.2) is 0 Å². The zero-order valence-electron chi connectivity index (χ0n) is 9.59. The maximum absolute atomic E-state index is 5.16. The molecular formula is C11H24N2O. The fourth-order valence-corrected chi connectivity index (χ4v) is 2.05. The molecule has 1 heterocycles. The van der Waals surface area contributed by atoms with Crippen molar-refractivity contribution in [2.45, 2.75) is 19.8 Å². The van der Waals surface area contributed by atoms with E-state index in [4.69, 9.17) is 4.74 Å². The lowest BCUT2D eigenvalue weighted by Crippen LogP contribution is -2.37. The number of rotatable bonds is 4. The molecule has 1 fully saturated rings. The Morgan fingerprint density at radius 2 is 1.93 bits per heavy atom. The Morgan fingerprint density at radius 3 is 2.50 bits per heavy atom. The molecule has 1 atom stereocenters. The standard InChI is InChI=1S/C11H24N2O/c1-11(10-14-2)9-13-7-3-5-12-6-4-8-13/h11-12H,3-10H2,1-2H3. The van der Waals surface area contributed by atoms with Gasteiger partial charge in [-0.05, 0) is 44.9 Å². The molecule has 0 aromatic carbocycles. The van der Waals surface area contributed by atoms with Crippen LogP contribution >= 0.6 is 0 Å². The molecule has 1 N–H and O–H groups in total. The van der Waals surface area contributed by atoms with Crippen LogP contribution in [0.3, 0.4) is 0 Å². The van der Waals surface area contributed by atoms with Gasteiger partial charge < -0.3 is 15.0 Å². The molecule has 3 nitrogen and oxygen atoms in total. The Labute approximate surface area is 87.8 Å². The molecule has 0 aliphatic carbocycles. The highest BCUT2D eigenvalue weighted by Gasteiger charge is 2.11. The Hall–Kier alpha value is -0.120. The Morgan fingerprint density at radius 1 is 1.29 bits per heavy atom. The van der Waals surface area contributed by atoms with Gasteiger partial charge in [0.15, 0.2) is 0 Å². The minimum Gasteiger partial charge on any atom is -0.384 e. The van der Waals surface area contributed by atoms with Crippen LogP contribution in [0.2, 0.25) is 0 Å². The molecule has 0 saturated carbocycles. The SMILES string of the molecule is COCC(C)CN1CCCNCCC1. The highest BCUT2D eigenvalue weighted by atomic mass is 16.5. The predicted molar refractivity (Wildman–Crippen MR) is 59.6 cm³/mol. The maximum atomic E-state index is 5.16. The molecule has 0 spiro atoms. The molecule has 0 aromatic rings. The van der Waals surface area contributed by atoms with E-state index < -0.39 is 0 Å². The van der Waals surface area contributed by atoms with Crippen LogP contribution in [0.25, 0.3) is 0 Å². The van der Waals surface area contributed by atoms with Crippen molar-refractivity contribution in [1.82, 2.24) is 10.2 Å². The summed E-state index contributed by atoms with van der Waals surface area (Å²) in [5.41, 5.74) is 0. The molecule has 1 rings (SSSR count). The normalized spacial score (nSPS) is 22.7. The van der Waals surface area contributed by atoms with Crippen LogP contribution in [0.1, 0.15) is 19.8 Å². The van der Waals surface area contributed by atoms with Crippen molar-refractivity contribution in [3.05, 3.63) is 0 Å². The summed E-state index contributed by atoms with van der Waals surface area (Å²) in [4.78, 5) is 2.57. The molecule has 1 aliphatic rings. The van der Waals surface area contributed by atoms with Gasteiger partial charge in [0.1, 0.15) is 0 Å². The van der Waals surface area contributed by atoms with E-state index in [9.17, 15) is 0 Å². The largest absolute Gasteiger partial charge is 0.384 e. The van der Waals surface area contributed by atoms with Crippen molar-refractivity contribution >= 4 is 0 Å². The molecule has 0 amide bonds. The molecule has 1 aliphatic heterocycles. The van der Waals surface area contributed by atoms with Gasteiger partial charge in [-0.15, -0.1) is 0 Å². The number of methoxy groups -OCH3 is 1. The number of hydrogen-bond acceptors (Lipinski definition) is 3. The van der Waals surface area contributed by atoms with Crippen LogP contribution in [0.5, 0.6) is 0 Å². The second kappa shape index (κ2) is 7.21. The Bertz CT molecular complexity index is 133. The summed E-state index contributed by atoms with van der Waals surface area (Å²) in [6.07, 6.45) is 2.55. The van der Waals surface area contributed by atoms with Gasteiger partial charge in [0, 0.05) is 20.3 Å². The zero-order chi connectivity index (χ0) is 10.2. The quantitative estimate of drug-likeness (QED) is 0.731. The van der Waals surface area contributed by atoms with Gasteiger partial charge in [-0.25, -0.2) is 0 Å². The van der Waals surface area contributed by atoms with E-state index in [1.54, 1.807) is 7.11 Å². The highest BCUT2D eigenvalue weighted by Crippen LogP contribution is 2.03. The fraction of sp³-hybridized carbons (Fsp3) is 1.00. The molecule has 84 valence electrons. The number of ether oxygens (including phenoxy) is 1. The van der Waals surface area contributed by atoms with Crippen LogP contribution in [0.4, 0.5) is 0 Å². The topological polar surface area (TPSA) is 24.5 Å². The van der Waals surface area contributed by atoms with Crippen molar-refractivity contribution in [3.63, 3.8) is 0 Å². The van der Waals surface area contributed by atoms with Crippen molar-refractivity contribution in [2.75, 3.05) is 46.4 Å². The van der Waals surface area contributed by atoms with Crippen LogP contribution in [-0.2, 0) is 4.74 Å². The summed E-state index contributed by atoms with van der Waals surface area (Å²) in [7, 11) is 1.79. The first-order valence-electron chi connectivity index (χ1n) is 5.75. The van der Waals surface area contributed by atoms with Gasteiger partial charge in [-0.1, -0.05) is 6.92 Å². The van der Waals surface area contributed by atoms with Crippen molar-refractivity contribution in [1.29, 1.82) is 0 Å². The predicted octanol–water partition coefficient (Wildman–Crippen LogP) is 0.954. The molecule has 14 heavy (non-hydrogen) atoms. The van der Waals surface area contributed by atoms with Gasteiger partial charge in [-0.3, -0.25) is 0 Å². The molecule has 0 bridgehead atoms. The summed E-state index contributed by atoms with van der Waals surface area (Å²) in [6, 6.07) is 0. The van der Waals surface area contributed by atoms with E-state index in [0.717, 1.165) is 6.61 Å². The van der Waals surface area contributed by atoms with E-state index in [1.807, 2.05) is 0 Å². The smallest absolute Gasteiger partial charge is 0.0500 e. The summed E-state index contributed by atoms with van der Waals surface area (Å²) in [5.74, 6) is 0.660. The number of hydrogen-bond donors (Lipinski definition) is 1. The van der Waals surface area contributed by atoms with Gasteiger partial charge in [-0.2, -0.15) is 0 Å². The summed E-state index contributed by atoms with van der Waals surface area (Å²) >= 11 is 0. The molecule has 1 saturated heterocycles. The van der Waals surface area contributed by atoms with Crippen LogP contribution in [0, 0.1) is 5.92 Å². The lowest BCUT2D eigenvalue weighted by atomic mass is 10.1. The first kappa shape index (κ1) is 12.0.